The Kier molecular flexibility index (Phi) is 7.96. The number of aliphatic hydroxyl groups excluding tert-OH is 4. The highest BCUT2D eigenvalue weighted by atomic mass is 16.7. The summed E-state index contributed by atoms with van der Waals surface area (Å²) in [7, 11) is 4.69. The number of ether oxygens (including phenoxy) is 7. The zero-order valence-electron chi connectivity index (χ0n) is 21.4. The highest BCUT2D eigenvalue weighted by Crippen LogP contribution is 2.51. The first-order chi connectivity index (χ1) is 18.4. The van der Waals surface area contributed by atoms with Gasteiger partial charge in [-0.15, -0.1) is 0 Å². The van der Waals surface area contributed by atoms with Crippen LogP contribution in [0.5, 0.6) is 23.0 Å². The molecule has 11 heteroatoms. The molecule has 0 radical (unpaired) electrons. The molecule has 2 aromatic carbocycles. The minimum Gasteiger partial charge on any atom is -0.493 e. The van der Waals surface area contributed by atoms with Gasteiger partial charge in [-0.2, -0.15) is 0 Å². The van der Waals surface area contributed by atoms with E-state index in [-0.39, 0.29) is 29.8 Å². The van der Waals surface area contributed by atoms with Crippen LogP contribution in [0.15, 0.2) is 36.4 Å². The average molecular weight is 535 g/mol. The van der Waals surface area contributed by atoms with Crippen LogP contribution in [0.25, 0.3) is 0 Å². The van der Waals surface area contributed by atoms with Gasteiger partial charge in [0.25, 0.3) is 0 Å². The molecule has 0 bridgehead atoms. The Morgan fingerprint density at radius 2 is 1.24 bits per heavy atom. The first-order valence-corrected chi connectivity index (χ1v) is 12.5. The predicted octanol–water partition coefficient (Wildman–Crippen LogP) is 0.966. The predicted molar refractivity (Wildman–Crippen MR) is 131 cm³/mol. The standard InChI is InChI=1S/C27H34O11/c1-32-17-6-4-13(8-19(17)33-2)25-15-11-36-26(16(15)12-35-25)14-5-7-18(20(9-14)34-3)37-27-24(31)23(30)22(29)21(10-28)38-27/h4-9,15-16,21-31H,10-12H2,1-3H3/t15-,16-,21-,22-,23+,24-,25-,26-,27+/m1/s1. The monoisotopic (exact) mass is 534 g/mol. The van der Waals surface area contributed by atoms with Gasteiger partial charge < -0.3 is 53.6 Å². The third-order valence-electron chi connectivity index (χ3n) is 7.61. The smallest absolute Gasteiger partial charge is 0.229 e. The Morgan fingerprint density at radius 1 is 0.711 bits per heavy atom. The second kappa shape index (κ2) is 11.2. The van der Waals surface area contributed by atoms with Crippen molar-refractivity contribution >= 4 is 0 Å². The van der Waals surface area contributed by atoms with Gasteiger partial charge in [0.15, 0.2) is 23.0 Å². The summed E-state index contributed by atoms with van der Waals surface area (Å²) in [4.78, 5) is 0. The van der Waals surface area contributed by atoms with Crippen LogP contribution in [0.4, 0.5) is 0 Å². The minimum absolute atomic E-state index is 0.120. The molecule has 3 aliphatic heterocycles. The summed E-state index contributed by atoms with van der Waals surface area (Å²) in [5.41, 5.74) is 1.88. The second-order valence-corrected chi connectivity index (χ2v) is 9.68. The van der Waals surface area contributed by atoms with E-state index in [1.165, 1.54) is 7.11 Å². The zero-order chi connectivity index (χ0) is 27.0. The maximum absolute atomic E-state index is 10.3. The van der Waals surface area contributed by atoms with E-state index in [0.29, 0.717) is 30.5 Å². The Labute approximate surface area is 220 Å². The lowest BCUT2D eigenvalue weighted by Gasteiger charge is -2.39. The highest BCUT2D eigenvalue weighted by molar-refractivity contribution is 5.45. The van der Waals surface area contributed by atoms with Gasteiger partial charge >= 0.3 is 0 Å². The number of fused-ring (bicyclic) bond motifs is 1. The second-order valence-electron chi connectivity index (χ2n) is 9.68. The molecule has 3 aliphatic rings. The first-order valence-electron chi connectivity index (χ1n) is 12.5. The van der Waals surface area contributed by atoms with Crippen molar-refractivity contribution in [2.45, 2.75) is 42.9 Å². The van der Waals surface area contributed by atoms with Gasteiger partial charge in [0, 0.05) is 11.8 Å². The van der Waals surface area contributed by atoms with Crippen LogP contribution < -0.4 is 18.9 Å². The lowest BCUT2D eigenvalue weighted by atomic mass is 9.85. The number of hydrogen-bond acceptors (Lipinski definition) is 11. The molecule has 0 saturated carbocycles. The molecule has 3 heterocycles. The third-order valence-corrected chi connectivity index (χ3v) is 7.61. The van der Waals surface area contributed by atoms with Crippen molar-refractivity contribution in [2.75, 3.05) is 41.2 Å². The van der Waals surface area contributed by atoms with Crippen molar-refractivity contribution in [3.8, 4) is 23.0 Å². The van der Waals surface area contributed by atoms with E-state index in [9.17, 15) is 20.4 Å². The molecule has 9 atom stereocenters. The summed E-state index contributed by atoms with van der Waals surface area (Å²) in [5.74, 6) is 2.21. The molecule has 0 unspecified atom stereocenters. The van der Waals surface area contributed by atoms with Crippen molar-refractivity contribution in [3.05, 3.63) is 47.5 Å². The topological polar surface area (TPSA) is 146 Å². The maximum Gasteiger partial charge on any atom is 0.229 e. The molecule has 208 valence electrons. The first kappa shape index (κ1) is 26.9. The van der Waals surface area contributed by atoms with E-state index in [2.05, 4.69) is 0 Å². The molecule has 0 spiro atoms. The quantitative estimate of drug-likeness (QED) is 0.384. The molecule has 0 aromatic heterocycles. The normalized spacial score (nSPS) is 34.6. The number of benzene rings is 2. The summed E-state index contributed by atoms with van der Waals surface area (Å²) >= 11 is 0. The van der Waals surface area contributed by atoms with Gasteiger partial charge in [0.2, 0.25) is 6.29 Å². The van der Waals surface area contributed by atoms with Crippen LogP contribution in [-0.2, 0) is 14.2 Å². The molecule has 0 aliphatic carbocycles. The molecule has 5 rings (SSSR count). The SMILES string of the molecule is COc1ccc([C@H]2OC[C@@H]3[C@H]2CO[C@@H]3c2ccc(O[C@H]3O[C@H](CO)[C@@H](O)[C@H](O)[C@H]3O)c(OC)c2)cc1OC. The summed E-state index contributed by atoms with van der Waals surface area (Å²) in [6, 6.07) is 11.1. The Morgan fingerprint density at radius 3 is 1.76 bits per heavy atom. The Balaban J connectivity index is 1.31. The fourth-order valence-corrected chi connectivity index (χ4v) is 5.51. The van der Waals surface area contributed by atoms with Crippen molar-refractivity contribution in [2.24, 2.45) is 11.8 Å². The Hall–Kier alpha value is -2.64. The fourth-order valence-electron chi connectivity index (χ4n) is 5.51. The average Bonchev–Trinajstić information content (AvgIpc) is 3.55. The third kappa shape index (κ3) is 4.79. The lowest BCUT2D eigenvalue weighted by Crippen LogP contribution is -2.60. The van der Waals surface area contributed by atoms with E-state index in [0.717, 1.165) is 11.1 Å². The van der Waals surface area contributed by atoms with Gasteiger partial charge in [-0.3, -0.25) is 0 Å². The molecule has 2 aromatic rings. The lowest BCUT2D eigenvalue weighted by molar-refractivity contribution is -0.277. The molecule has 4 N–H and O–H groups in total. The fraction of sp³-hybridized carbons (Fsp3) is 0.556. The summed E-state index contributed by atoms with van der Waals surface area (Å²) in [6.07, 6.45) is -7.29. The molecule has 3 fully saturated rings. The molecule has 11 nitrogen and oxygen atoms in total. The number of aliphatic hydroxyl groups is 4. The van der Waals surface area contributed by atoms with E-state index >= 15 is 0 Å². The summed E-state index contributed by atoms with van der Waals surface area (Å²) < 4.78 is 40.1. The summed E-state index contributed by atoms with van der Waals surface area (Å²) in [6.45, 7) is 0.508. The largest absolute Gasteiger partial charge is 0.493 e. The minimum atomic E-state index is -1.54. The van der Waals surface area contributed by atoms with Crippen LogP contribution in [0.3, 0.4) is 0 Å². The van der Waals surface area contributed by atoms with Crippen molar-refractivity contribution in [1.29, 1.82) is 0 Å². The molecular weight excluding hydrogens is 500 g/mol. The van der Waals surface area contributed by atoms with Crippen LogP contribution in [0.1, 0.15) is 23.3 Å². The number of methoxy groups -OCH3 is 3. The molecule has 0 amide bonds. The zero-order valence-corrected chi connectivity index (χ0v) is 21.4. The van der Waals surface area contributed by atoms with Crippen molar-refractivity contribution in [1.82, 2.24) is 0 Å². The molecule has 3 saturated heterocycles. The van der Waals surface area contributed by atoms with Crippen LogP contribution in [0.2, 0.25) is 0 Å². The van der Waals surface area contributed by atoms with Gasteiger partial charge in [0.05, 0.1) is 53.4 Å². The maximum atomic E-state index is 10.3. The van der Waals surface area contributed by atoms with Crippen molar-refractivity contribution in [3.63, 3.8) is 0 Å². The van der Waals surface area contributed by atoms with E-state index in [1.54, 1.807) is 26.4 Å². The number of rotatable bonds is 8. The van der Waals surface area contributed by atoms with E-state index in [1.807, 2.05) is 24.3 Å². The van der Waals surface area contributed by atoms with E-state index in [4.69, 9.17) is 33.2 Å². The van der Waals surface area contributed by atoms with Crippen LogP contribution >= 0.6 is 0 Å². The number of hydrogen-bond donors (Lipinski definition) is 4. The van der Waals surface area contributed by atoms with Gasteiger partial charge in [-0.05, 0) is 35.4 Å². The van der Waals surface area contributed by atoms with Crippen LogP contribution in [-0.4, -0.2) is 92.3 Å². The van der Waals surface area contributed by atoms with E-state index < -0.39 is 37.3 Å². The van der Waals surface area contributed by atoms with Gasteiger partial charge in [0.1, 0.15) is 24.4 Å². The van der Waals surface area contributed by atoms with Gasteiger partial charge in [-0.25, -0.2) is 0 Å². The molecule has 38 heavy (non-hydrogen) atoms. The molecular formula is C27H34O11. The van der Waals surface area contributed by atoms with Crippen molar-refractivity contribution < 1.29 is 53.6 Å². The van der Waals surface area contributed by atoms with Crippen LogP contribution in [0, 0.1) is 11.8 Å². The highest BCUT2D eigenvalue weighted by Gasteiger charge is 2.49. The van der Waals surface area contributed by atoms with Gasteiger partial charge in [-0.1, -0.05) is 12.1 Å². The summed E-state index contributed by atoms with van der Waals surface area (Å²) in [5, 5.41) is 39.8. The Bertz CT molecular complexity index is 1110.